The Balaban J connectivity index is 2.10. The summed E-state index contributed by atoms with van der Waals surface area (Å²) in [7, 11) is 0. The van der Waals surface area contributed by atoms with E-state index in [0.717, 1.165) is 19.3 Å². The fourth-order valence-electron chi connectivity index (χ4n) is 2.34. The highest BCUT2D eigenvalue weighted by molar-refractivity contribution is 6.17. The molecule has 1 aliphatic carbocycles. The lowest BCUT2D eigenvalue weighted by Crippen LogP contribution is -2.31. The lowest BCUT2D eigenvalue weighted by molar-refractivity contribution is -0.385. The van der Waals surface area contributed by atoms with Gasteiger partial charge in [0.2, 0.25) is 0 Å². The number of carbonyl (C=O) groups is 1. The average molecular weight is 297 g/mol. The number of nitro benzene ring substituents is 1. The van der Waals surface area contributed by atoms with Gasteiger partial charge in [0.25, 0.3) is 11.6 Å². The van der Waals surface area contributed by atoms with Crippen LogP contribution in [0.15, 0.2) is 18.2 Å². The number of nitrogens with one attached hydrogen (secondary N) is 1. The Bertz CT molecular complexity index is 541. The van der Waals surface area contributed by atoms with E-state index < -0.39 is 4.92 Å². The van der Waals surface area contributed by atoms with E-state index in [1.807, 2.05) is 0 Å². The standard InChI is InChI=1S/C14H17ClN2O3/c1-10-3-2-4-11(12(10)17(19)20)13(18)16-9-14(5-6-14)7-8-15/h2-4H,5-9H2,1H3,(H,16,18). The van der Waals surface area contributed by atoms with Crippen molar-refractivity contribution >= 4 is 23.2 Å². The number of nitro groups is 1. The summed E-state index contributed by atoms with van der Waals surface area (Å²) in [5.74, 6) is 0.182. The van der Waals surface area contributed by atoms with Gasteiger partial charge in [-0.3, -0.25) is 14.9 Å². The third-order valence-electron chi connectivity index (χ3n) is 3.87. The second-order valence-electron chi connectivity index (χ2n) is 5.35. The van der Waals surface area contributed by atoms with Crippen molar-refractivity contribution < 1.29 is 9.72 Å². The smallest absolute Gasteiger partial charge is 0.285 e. The molecule has 1 N–H and O–H groups in total. The molecule has 0 aromatic heterocycles. The number of aryl methyl sites for hydroxylation is 1. The number of alkyl halides is 1. The monoisotopic (exact) mass is 296 g/mol. The third kappa shape index (κ3) is 3.10. The van der Waals surface area contributed by atoms with Gasteiger partial charge in [-0.25, -0.2) is 0 Å². The van der Waals surface area contributed by atoms with Crippen molar-refractivity contribution in [3.8, 4) is 0 Å². The van der Waals surface area contributed by atoms with E-state index in [9.17, 15) is 14.9 Å². The molecule has 0 heterocycles. The van der Waals surface area contributed by atoms with Gasteiger partial charge in [-0.2, -0.15) is 0 Å². The highest BCUT2D eigenvalue weighted by Crippen LogP contribution is 2.48. The number of rotatable bonds is 6. The van der Waals surface area contributed by atoms with Gasteiger partial charge in [0.1, 0.15) is 5.56 Å². The van der Waals surface area contributed by atoms with Crippen LogP contribution >= 0.6 is 11.6 Å². The van der Waals surface area contributed by atoms with Crippen LogP contribution in [0.5, 0.6) is 0 Å². The summed E-state index contributed by atoms with van der Waals surface area (Å²) in [6, 6.07) is 4.77. The molecule has 1 aromatic carbocycles. The maximum atomic E-state index is 12.2. The van der Waals surface area contributed by atoms with Crippen LogP contribution in [0.2, 0.25) is 0 Å². The van der Waals surface area contributed by atoms with Crippen LogP contribution < -0.4 is 5.32 Å². The Morgan fingerprint density at radius 1 is 1.50 bits per heavy atom. The minimum atomic E-state index is -0.504. The molecule has 108 valence electrons. The van der Waals surface area contributed by atoms with Crippen molar-refractivity contribution in [2.75, 3.05) is 12.4 Å². The van der Waals surface area contributed by atoms with E-state index in [1.54, 1.807) is 19.1 Å². The number of amides is 1. The Kier molecular flexibility index (Phi) is 4.28. The Morgan fingerprint density at radius 3 is 2.75 bits per heavy atom. The van der Waals surface area contributed by atoms with Crippen LogP contribution in [0, 0.1) is 22.5 Å². The summed E-state index contributed by atoms with van der Waals surface area (Å²) in [6.45, 7) is 2.16. The summed E-state index contributed by atoms with van der Waals surface area (Å²) in [5.41, 5.74) is 0.601. The van der Waals surface area contributed by atoms with Crippen LogP contribution in [0.3, 0.4) is 0 Å². The van der Waals surface area contributed by atoms with Gasteiger partial charge in [0.15, 0.2) is 0 Å². The van der Waals surface area contributed by atoms with E-state index in [-0.39, 0.29) is 22.6 Å². The molecular weight excluding hydrogens is 280 g/mol. The van der Waals surface area contributed by atoms with Gasteiger partial charge in [-0.1, -0.05) is 12.1 Å². The average Bonchev–Trinajstić information content (AvgIpc) is 3.16. The molecule has 0 radical (unpaired) electrons. The third-order valence-corrected chi connectivity index (χ3v) is 4.06. The molecule has 5 nitrogen and oxygen atoms in total. The zero-order valence-corrected chi connectivity index (χ0v) is 12.1. The van der Waals surface area contributed by atoms with Crippen molar-refractivity contribution in [3.63, 3.8) is 0 Å². The molecule has 6 heteroatoms. The first kappa shape index (κ1) is 14.8. The van der Waals surface area contributed by atoms with E-state index >= 15 is 0 Å². The van der Waals surface area contributed by atoms with Crippen LogP contribution in [0.4, 0.5) is 5.69 Å². The zero-order valence-electron chi connectivity index (χ0n) is 11.3. The van der Waals surface area contributed by atoms with Crippen LogP contribution in [-0.4, -0.2) is 23.3 Å². The van der Waals surface area contributed by atoms with Crippen molar-refractivity contribution in [3.05, 3.63) is 39.4 Å². The Morgan fingerprint density at radius 2 is 2.20 bits per heavy atom. The summed E-state index contributed by atoms with van der Waals surface area (Å²) in [5, 5.41) is 13.9. The number of nitrogens with zero attached hydrogens (tertiary/aromatic N) is 1. The molecule has 1 fully saturated rings. The highest BCUT2D eigenvalue weighted by Gasteiger charge is 2.42. The predicted octanol–water partition coefficient (Wildman–Crippen LogP) is 3.04. The molecule has 1 aromatic rings. The first-order valence-electron chi connectivity index (χ1n) is 6.57. The molecule has 0 bridgehead atoms. The molecular formula is C14H17ClN2O3. The second-order valence-corrected chi connectivity index (χ2v) is 5.73. The highest BCUT2D eigenvalue weighted by atomic mass is 35.5. The van der Waals surface area contributed by atoms with Gasteiger partial charge in [-0.05, 0) is 37.7 Å². The first-order chi connectivity index (χ1) is 9.49. The summed E-state index contributed by atoms with van der Waals surface area (Å²) in [6.07, 6.45) is 2.97. The Labute approximate surface area is 122 Å². The van der Waals surface area contributed by atoms with Gasteiger partial charge in [0, 0.05) is 18.0 Å². The number of benzene rings is 1. The fraction of sp³-hybridized carbons (Fsp3) is 0.500. The molecule has 0 saturated heterocycles. The van der Waals surface area contributed by atoms with Crippen molar-refractivity contribution in [2.45, 2.75) is 26.2 Å². The number of carbonyl (C=O) groups excluding carboxylic acids is 1. The van der Waals surface area contributed by atoms with E-state index in [2.05, 4.69) is 5.32 Å². The molecule has 20 heavy (non-hydrogen) atoms. The van der Waals surface area contributed by atoms with E-state index in [1.165, 1.54) is 6.07 Å². The maximum Gasteiger partial charge on any atom is 0.285 e. The van der Waals surface area contributed by atoms with Gasteiger partial charge in [0.05, 0.1) is 4.92 Å². The van der Waals surface area contributed by atoms with Gasteiger partial charge in [-0.15, -0.1) is 11.6 Å². The topological polar surface area (TPSA) is 72.2 Å². The lowest BCUT2D eigenvalue weighted by atomic mass is 10.0. The van der Waals surface area contributed by atoms with Crippen LogP contribution in [-0.2, 0) is 0 Å². The number of hydrogen-bond donors (Lipinski definition) is 1. The van der Waals surface area contributed by atoms with Crippen molar-refractivity contribution in [2.24, 2.45) is 5.41 Å². The molecule has 2 rings (SSSR count). The SMILES string of the molecule is Cc1cccc(C(=O)NCC2(CCCl)CC2)c1[N+](=O)[O-]. The zero-order chi connectivity index (χ0) is 14.8. The largest absolute Gasteiger partial charge is 0.351 e. The van der Waals surface area contributed by atoms with Crippen LogP contribution in [0.25, 0.3) is 0 Å². The normalized spacial score (nSPS) is 15.7. The number of para-hydroxylation sites is 1. The van der Waals surface area contributed by atoms with Crippen molar-refractivity contribution in [1.82, 2.24) is 5.32 Å². The van der Waals surface area contributed by atoms with E-state index in [4.69, 9.17) is 11.6 Å². The lowest BCUT2D eigenvalue weighted by Gasteiger charge is -2.14. The Hall–Kier alpha value is -1.62. The van der Waals surface area contributed by atoms with Crippen LogP contribution in [0.1, 0.15) is 35.2 Å². The van der Waals surface area contributed by atoms with Gasteiger partial charge >= 0.3 is 0 Å². The molecule has 1 aliphatic rings. The minimum absolute atomic E-state index is 0.107. The summed E-state index contributed by atoms with van der Waals surface area (Å²) in [4.78, 5) is 22.7. The molecule has 1 amide bonds. The maximum absolute atomic E-state index is 12.2. The minimum Gasteiger partial charge on any atom is -0.351 e. The molecule has 1 saturated carbocycles. The number of halogens is 1. The molecule has 0 unspecified atom stereocenters. The molecule has 0 spiro atoms. The second kappa shape index (κ2) is 5.79. The molecule has 0 aliphatic heterocycles. The predicted molar refractivity (Wildman–Crippen MR) is 77.2 cm³/mol. The fourth-order valence-corrected chi connectivity index (χ4v) is 2.74. The summed E-state index contributed by atoms with van der Waals surface area (Å²) >= 11 is 5.74. The first-order valence-corrected chi connectivity index (χ1v) is 7.11. The quantitative estimate of drug-likeness (QED) is 0.498. The van der Waals surface area contributed by atoms with Crippen molar-refractivity contribution in [1.29, 1.82) is 0 Å². The number of hydrogen-bond acceptors (Lipinski definition) is 3. The van der Waals surface area contributed by atoms with Gasteiger partial charge < -0.3 is 5.32 Å². The summed E-state index contributed by atoms with van der Waals surface area (Å²) < 4.78 is 0. The van der Waals surface area contributed by atoms with E-state index in [0.29, 0.717) is 18.0 Å². The molecule has 0 atom stereocenters.